The standard InChI is InChI=1S/C46H54BNO8Si/c1-29(22-32-23-30(2)43(51)31(3)24-32)20-21-40(50)41-33(28-56-57(46(4,5)6,36-16-9-7-10-17-36)37-18-11-8-12-19-37)25-38-42(39(41)27-49)45(53)48(44(38)52)35-15-13-14-34(26-35)47(54)55/h7-19,22-24,26,38-40,42,49-51,54-55H,20-21,25,27-28H2,1-6H3/b29-22+/t38-,39+,40-,42-/m1/s1. The first-order valence-corrected chi connectivity index (χ1v) is 21.6. The molecule has 4 aromatic carbocycles. The quantitative estimate of drug-likeness (QED) is 0.0729. The van der Waals surface area contributed by atoms with E-state index >= 15 is 0 Å². The van der Waals surface area contributed by atoms with Gasteiger partial charge in [-0.05, 0) is 113 Å². The van der Waals surface area contributed by atoms with Gasteiger partial charge in [-0.15, -0.1) is 0 Å². The van der Waals surface area contributed by atoms with Gasteiger partial charge in [0, 0.05) is 5.92 Å². The zero-order valence-corrected chi connectivity index (χ0v) is 34.6. The predicted molar refractivity (Wildman–Crippen MR) is 228 cm³/mol. The number of rotatable bonds is 13. The Morgan fingerprint density at radius 1 is 0.912 bits per heavy atom. The highest BCUT2D eigenvalue weighted by Gasteiger charge is 2.56. The van der Waals surface area contributed by atoms with Crippen LogP contribution < -0.4 is 20.7 Å². The molecule has 1 aliphatic carbocycles. The molecule has 0 radical (unpaired) electrons. The number of carbonyl (C=O) groups excluding carboxylic acids is 2. The van der Waals surface area contributed by atoms with Crippen LogP contribution in [0.4, 0.5) is 5.69 Å². The smallest absolute Gasteiger partial charge is 0.488 e. The lowest BCUT2D eigenvalue weighted by Gasteiger charge is -2.44. The number of anilines is 1. The lowest BCUT2D eigenvalue weighted by atomic mass is 9.68. The summed E-state index contributed by atoms with van der Waals surface area (Å²) in [6.07, 6.45) is 1.93. The molecule has 9 nitrogen and oxygen atoms in total. The number of phenols is 1. The number of benzene rings is 4. The second-order valence-electron chi connectivity index (χ2n) is 16.7. The van der Waals surface area contributed by atoms with Crippen LogP contribution in [0.2, 0.25) is 5.04 Å². The van der Waals surface area contributed by atoms with E-state index in [1.165, 1.54) is 12.1 Å². The minimum absolute atomic E-state index is 0.0773. The summed E-state index contributed by atoms with van der Waals surface area (Å²) in [5.41, 5.74) is 5.07. The Bertz CT molecular complexity index is 2100. The molecule has 11 heteroatoms. The highest BCUT2D eigenvalue weighted by atomic mass is 28.4. The number of allylic oxidation sites excluding steroid dienone is 1. The number of phenolic OH excluding ortho intramolecular Hbond substituents is 1. The number of aliphatic hydroxyl groups is 2. The Morgan fingerprint density at radius 3 is 2.05 bits per heavy atom. The van der Waals surface area contributed by atoms with Gasteiger partial charge < -0.3 is 29.8 Å². The summed E-state index contributed by atoms with van der Waals surface area (Å²) >= 11 is 0. The van der Waals surface area contributed by atoms with Gasteiger partial charge in [-0.1, -0.05) is 105 Å². The Morgan fingerprint density at radius 2 is 1.51 bits per heavy atom. The Kier molecular flexibility index (Phi) is 12.6. The summed E-state index contributed by atoms with van der Waals surface area (Å²) in [6.45, 7) is 11.8. The lowest BCUT2D eigenvalue weighted by molar-refractivity contribution is -0.123. The van der Waals surface area contributed by atoms with Crippen molar-refractivity contribution in [1.82, 2.24) is 0 Å². The maximum Gasteiger partial charge on any atom is 0.488 e. The number of nitrogens with zero attached hydrogens (tertiary/aromatic N) is 1. The van der Waals surface area contributed by atoms with E-state index in [0.717, 1.165) is 37.5 Å². The van der Waals surface area contributed by atoms with Crippen LogP contribution in [0.5, 0.6) is 5.75 Å². The molecular weight excluding hydrogens is 733 g/mol. The van der Waals surface area contributed by atoms with Crippen LogP contribution >= 0.6 is 0 Å². The van der Waals surface area contributed by atoms with Gasteiger partial charge in [-0.3, -0.25) is 14.5 Å². The maximum absolute atomic E-state index is 14.4. The van der Waals surface area contributed by atoms with Crippen LogP contribution in [0, 0.1) is 31.6 Å². The summed E-state index contributed by atoms with van der Waals surface area (Å²) in [5, 5.41) is 55.2. The van der Waals surface area contributed by atoms with Gasteiger partial charge in [0.05, 0.1) is 36.8 Å². The molecule has 2 aliphatic rings. The molecule has 4 atom stereocenters. The van der Waals surface area contributed by atoms with Crippen molar-refractivity contribution >= 4 is 54.8 Å². The topological polar surface area (TPSA) is 148 Å². The van der Waals surface area contributed by atoms with Crippen molar-refractivity contribution in [3.05, 3.63) is 130 Å². The van der Waals surface area contributed by atoms with Gasteiger partial charge in [0.2, 0.25) is 11.8 Å². The number of imide groups is 1. The van der Waals surface area contributed by atoms with Crippen molar-refractivity contribution in [3.8, 4) is 5.75 Å². The molecule has 0 spiro atoms. The third kappa shape index (κ3) is 8.23. The molecule has 1 fully saturated rings. The first kappa shape index (κ1) is 42.0. The number of aromatic hydroxyl groups is 1. The van der Waals surface area contributed by atoms with Crippen LogP contribution in [0.1, 0.15) is 63.6 Å². The molecule has 4 aromatic rings. The minimum atomic E-state index is -3.09. The molecule has 6 rings (SSSR count). The largest absolute Gasteiger partial charge is 0.507 e. The van der Waals surface area contributed by atoms with Crippen LogP contribution in [0.3, 0.4) is 0 Å². The highest BCUT2D eigenvalue weighted by molar-refractivity contribution is 6.99. The molecule has 0 bridgehead atoms. The van der Waals surface area contributed by atoms with Gasteiger partial charge in [-0.2, -0.15) is 0 Å². The summed E-state index contributed by atoms with van der Waals surface area (Å²) in [6, 6.07) is 30.3. The molecule has 1 aliphatic heterocycles. The van der Waals surface area contributed by atoms with Crippen LogP contribution in [0.15, 0.2) is 114 Å². The Hall–Kier alpha value is -4.62. The monoisotopic (exact) mass is 787 g/mol. The van der Waals surface area contributed by atoms with Gasteiger partial charge in [-0.25, -0.2) is 0 Å². The molecular formula is C46H54BNO8Si. The van der Waals surface area contributed by atoms with Crippen molar-refractivity contribution in [3.63, 3.8) is 0 Å². The summed E-state index contributed by atoms with van der Waals surface area (Å²) in [7, 11) is -4.88. The summed E-state index contributed by atoms with van der Waals surface area (Å²) in [5.74, 6) is -3.30. The Balaban J connectivity index is 1.42. The SMILES string of the molecule is C/C(=C\c1cc(C)c(O)c(C)c1)CC[C@@H](O)C1=C(CO[Si](c2ccccc2)(c2ccccc2)C(C)(C)C)C[C@H]2C(=O)N(c3cccc(B(O)O)c3)C(=O)[C@H]2[C@H]1CO. The molecule has 1 heterocycles. The van der Waals surface area contributed by atoms with E-state index in [1.807, 2.05) is 75.4 Å². The highest BCUT2D eigenvalue weighted by Crippen LogP contribution is 2.48. The fourth-order valence-corrected chi connectivity index (χ4v) is 13.6. The van der Waals surface area contributed by atoms with E-state index < -0.39 is 57.7 Å². The maximum atomic E-state index is 14.4. The summed E-state index contributed by atoms with van der Waals surface area (Å²) < 4.78 is 7.37. The second-order valence-corrected chi connectivity index (χ2v) is 21.0. The van der Waals surface area contributed by atoms with E-state index in [1.54, 1.807) is 12.1 Å². The third-order valence-corrected chi connectivity index (χ3v) is 16.8. The minimum Gasteiger partial charge on any atom is -0.507 e. The Labute approximate surface area is 337 Å². The number of aryl methyl sites for hydroxylation is 2. The van der Waals surface area contributed by atoms with Crippen molar-refractivity contribution in [2.45, 2.75) is 71.9 Å². The molecule has 298 valence electrons. The average Bonchev–Trinajstić information content (AvgIpc) is 3.44. The summed E-state index contributed by atoms with van der Waals surface area (Å²) in [4.78, 5) is 29.8. The van der Waals surface area contributed by atoms with Crippen LogP contribution in [0.25, 0.3) is 6.08 Å². The number of amides is 2. The molecule has 1 saturated heterocycles. The number of hydrogen-bond donors (Lipinski definition) is 5. The zero-order valence-electron chi connectivity index (χ0n) is 33.6. The van der Waals surface area contributed by atoms with Gasteiger partial charge in [0.15, 0.2) is 0 Å². The average molecular weight is 788 g/mol. The number of aliphatic hydroxyl groups excluding tert-OH is 2. The second kappa shape index (κ2) is 17.1. The normalized spacial score (nSPS) is 19.6. The first-order chi connectivity index (χ1) is 27.1. The van der Waals surface area contributed by atoms with Gasteiger partial charge >= 0.3 is 7.12 Å². The van der Waals surface area contributed by atoms with E-state index in [4.69, 9.17) is 4.43 Å². The van der Waals surface area contributed by atoms with Crippen molar-refractivity contribution in [2.75, 3.05) is 18.1 Å². The predicted octanol–water partition coefficient (Wildman–Crippen LogP) is 4.92. The molecule has 5 N–H and O–H groups in total. The van der Waals surface area contributed by atoms with Gasteiger partial charge in [0.25, 0.3) is 8.32 Å². The fourth-order valence-electron chi connectivity index (χ4n) is 9.08. The molecule has 0 unspecified atom stereocenters. The zero-order chi connectivity index (χ0) is 41.2. The molecule has 0 aromatic heterocycles. The van der Waals surface area contributed by atoms with E-state index in [0.29, 0.717) is 24.0 Å². The molecule has 57 heavy (non-hydrogen) atoms. The fraction of sp³-hybridized carbons (Fsp3) is 0.348. The van der Waals surface area contributed by atoms with Gasteiger partial charge in [0.1, 0.15) is 5.75 Å². The number of carbonyl (C=O) groups is 2. The van der Waals surface area contributed by atoms with E-state index in [-0.39, 0.29) is 35.0 Å². The first-order valence-electron chi connectivity index (χ1n) is 19.7. The number of hydrogen-bond acceptors (Lipinski definition) is 8. The van der Waals surface area contributed by atoms with E-state index in [2.05, 4.69) is 45.0 Å². The van der Waals surface area contributed by atoms with Crippen molar-refractivity contribution in [2.24, 2.45) is 17.8 Å². The molecule has 0 saturated carbocycles. The van der Waals surface area contributed by atoms with Crippen molar-refractivity contribution < 1.29 is 39.4 Å². The van der Waals surface area contributed by atoms with Crippen LogP contribution in [-0.2, 0) is 14.0 Å². The molecule has 2 amide bonds. The van der Waals surface area contributed by atoms with E-state index in [9.17, 15) is 35.0 Å². The third-order valence-electron chi connectivity index (χ3n) is 11.8. The van der Waals surface area contributed by atoms with Crippen molar-refractivity contribution in [1.29, 1.82) is 0 Å². The lowest BCUT2D eigenvalue weighted by Crippen LogP contribution is -2.66. The van der Waals surface area contributed by atoms with Crippen LogP contribution in [-0.4, -0.2) is 71.9 Å². The number of fused-ring (bicyclic) bond motifs is 1.